The zero-order valence-corrected chi connectivity index (χ0v) is 10.8. The van der Waals surface area contributed by atoms with Crippen LogP contribution in [0, 0.1) is 5.92 Å². The highest BCUT2D eigenvalue weighted by atomic mass is 35.5. The first-order valence-corrected chi connectivity index (χ1v) is 6.24. The highest BCUT2D eigenvalue weighted by molar-refractivity contribution is 6.64. The van der Waals surface area contributed by atoms with Gasteiger partial charge in [-0.05, 0) is 22.7 Å². The van der Waals surface area contributed by atoms with E-state index in [0.29, 0.717) is 5.57 Å². The number of allylic oxidation sites excluding steroid dienone is 4. The van der Waals surface area contributed by atoms with E-state index in [1.54, 1.807) is 12.2 Å². The SMILES string of the molecule is CC(C(=O)Cl)C1(F)CC=CC=C1c1ccccc1. The molecule has 0 bridgehead atoms. The molecule has 2 atom stereocenters. The van der Waals surface area contributed by atoms with Crippen LogP contribution in [0.5, 0.6) is 0 Å². The van der Waals surface area contributed by atoms with Crippen molar-refractivity contribution in [3.8, 4) is 0 Å². The number of hydrogen-bond acceptors (Lipinski definition) is 1. The minimum atomic E-state index is -1.73. The maximum absolute atomic E-state index is 15.1. The average molecular weight is 265 g/mol. The summed E-state index contributed by atoms with van der Waals surface area (Å²) in [5.41, 5.74) is -0.421. The maximum Gasteiger partial charge on any atom is 0.228 e. The summed E-state index contributed by atoms with van der Waals surface area (Å²) in [7, 11) is 0. The van der Waals surface area contributed by atoms with E-state index in [1.807, 2.05) is 36.4 Å². The summed E-state index contributed by atoms with van der Waals surface area (Å²) in [6.07, 6.45) is 5.43. The van der Waals surface area contributed by atoms with Crippen LogP contribution in [0.4, 0.5) is 4.39 Å². The van der Waals surface area contributed by atoms with Crippen molar-refractivity contribution in [2.45, 2.75) is 19.0 Å². The molecular weight excluding hydrogens is 251 g/mol. The van der Waals surface area contributed by atoms with Crippen molar-refractivity contribution >= 4 is 22.4 Å². The van der Waals surface area contributed by atoms with Crippen molar-refractivity contribution < 1.29 is 9.18 Å². The molecule has 2 unspecified atom stereocenters. The molecule has 0 radical (unpaired) electrons. The molecular formula is C15H14ClFO. The minimum Gasteiger partial charge on any atom is -0.281 e. The van der Waals surface area contributed by atoms with Crippen LogP contribution in [0.2, 0.25) is 0 Å². The van der Waals surface area contributed by atoms with Gasteiger partial charge in [-0.1, -0.05) is 55.5 Å². The number of halogens is 2. The van der Waals surface area contributed by atoms with Gasteiger partial charge in [-0.2, -0.15) is 0 Å². The van der Waals surface area contributed by atoms with Crippen molar-refractivity contribution in [2.24, 2.45) is 5.92 Å². The van der Waals surface area contributed by atoms with Crippen LogP contribution in [0.3, 0.4) is 0 Å². The molecule has 0 heterocycles. The number of alkyl halides is 1. The summed E-state index contributed by atoms with van der Waals surface area (Å²) < 4.78 is 15.1. The van der Waals surface area contributed by atoms with Crippen molar-refractivity contribution in [1.82, 2.24) is 0 Å². The normalized spacial score (nSPS) is 24.5. The maximum atomic E-state index is 15.1. The quantitative estimate of drug-likeness (QED) is 0.750. The highest BCUT2D eigenvalue weighted by Gasteiger charge is 2.43. The van der Waals surface area contributed by atoms with Gasteiger partial charge in [-0.15, -0.1) is 0 Å². The fraction of sp³-hybridized carbons (Fsp3) is 0.267. The summed E-state index contributed by atoms with van der Waals surface area (Å²) in [6.45, 7) is 1.53. The van der Waals surface area contributed by atoms with Gasteiger partial charge in [-0.3, -0.25) is 4.79 Å². The molecule has 1 aliphatic carbocycles. The van der Waals surface area contributed by atoms with Crippen LogP contribution in [-0.2, 0) is 4.79 Å². The van der Waals surface area contributed by atoms with E-state index < -0.39 is 16.8 Å². The molecule has 18 heavy (non-hydrogen) atoms. The van der Waals surface area contributed by atoms with E-state index >= 15 is 4.39 Å². The number of carbonyl (C=O) groups is 1. The molecule has 0 saturated carbocycles. The number of hydrogen-bond donors (Lipinski definition) is 0. The van der Waals surface area contributed by atoms with Gasteiger partial charge < -0.3 is 0 Å². The average Bonchev–Trinajstić information content (AvgIpc) is 2.39. The molecule has 2 rings (SSSR count). The predicted octanol–water partition coefficient (Wildman–Crippen LogP) is 4.14. The summed E-state index contributed by atoms with van der Waals surface area (Å²) in [6, 6.07) is 9.25. The van der Waals surface area contributed by atoms with E-state index in [9.17, 15) is 4.79 Å². The van der Waals surface area contributed by atoms with Crippen LogP contribution in [0.15, 0.2) is 48.6 Å². The Morgan fingerprint density at radius 1 is 1.39 bits per heavy atom. The summed E-state index contributed by atoms with van der Waals surface area (Å²) in [5, 5.41) is -0.644. The largest absolute Gasteiger partial charge is 0.281 e. The summed E-state index contributed by atoms with van der Waals surface area (Å²) >= 11 is 5.47. The number of rotatable bonds is 3. The van der Waals surface area contributed by atoms with Gasteiger partial charge in [0.05, 0.1) is 5.92 Å². The Hall–Kier alpha value is -1.41. The van der Waals surface area contributed by atoms with Crippen molar-refractivity contribution in [1.29, 1.82) is 0 Å². The Bertz CT molecular complexity index is 506. The van der Waals surface area contributed by atoms with E-state index in [0.717, 1.165) is 5.56 Å². The van der Waals surface area contributed by atoms with Crippen LogP contribution in [0.25, 0.3) is 5.57 Å². The zero-order valence-electron chi connectivity index (χ0n) is 10.1. The molecule has 0 aliphatic heterocycles. The molecule has 1 aromatic carbocycles. The molecule has 1 aliphatic rings. The first kappa shape index (κ1) is 13.0. The number of benzene rings is 1. The van der Waals surface area contributed by atoms with Crippen molar-refractivity contribution in [3.05, 3.63) is 54.1 Å². The molecule has 0 fully saturated rings. The Morgan fingerprint density at radius 2 is 2.06 bits per heavy atom. The Balaban J connectivity index is 2.46. The first-order valence-electron chi connectivity index (χ1n) is 5.86. The minimum absolute atomic E-state index is 0.174. The molecule has 0 saturated heterocycles. The lowest BCUT2D eigenvalue weighted by atomic mass is 9.76. The van der Waals surface area contributed by atoms with Crippen LogP contribution < -0.4 is 0 Å². The molecule has 1 nitrogen and oxygen atoms in total. The fourth-order valence-electron chi connectivity index (χ4n) is 2.20. The van der Waals surface area contributed by atoms with Crippen LogP contribution >= 0.6 is 11.6 Å². The van der Waals surface area contributed by atoms with E-state index in [-0.39, 0.29) is 6.42 Å². The summed E-state index contributed by atoms with van der Waals surface area (Å²) in [5.74, 6) is -0.865. The van der Waals surface area contributed by atoms with Gasteiger partial charge >= 0.3 is 0 Å². The van der Waals surface area contributed by atoms with E-state index in [2.05, 4.69) is 0 Å². The lowest BCUT2D eigenvalue weighted by Gasteiger charge is -2.33. The molecule has 94 valence electrons. The Labute approximate surface area is 111 Å². The van der Waals surface area contributed by atoms with Crippen LogP contribution in [-0.4, -0.2) is 10.9 Å². The Morgan fingerprint density at radius 3 is 2.67 bits per heavy atom. The third-order valence-electron chi connectivity index (χ3n) is 3.37. The van der Waals surface area contributed by atoms with Gasteiger partial charge in [0.15, 0.2) is 5.67 Å². The zero-order chi connectivity index (χ0) is 13.2. The second kappa shape index (κ2) is 5.07. The Kier molecular flexibility index (Phi) is 3.67. The predicted molar refractivity (Wildman–Crippen MR) is 72.0 cm³/mol. The first-order chi connectivity index (χ1) is 8.55. The third-order valence-corrected chi connectivity index (χ3v) is 3.70. The van der Waals surface area contributed by atoms with Gasteiger partial charge in [0, 0.05) is 6.42 Å². The van der Waals surface area contributed by atoms with Gasteiger partial charge in [0.25, 0.3) is 0 Å². The molecule has 0 aromatic heterocycles. The monoisotopic (exact) mass is 264 g/mol. The molecule has 0 amide bonds. The summed E-state index contributed by atoms with van der Waals surface area (Å²) in [4.78, 5) is 11.3. The lowest BCUT2D eigenvalue weighted by molar-refractivity contribution is -0.117. The second-order valence-electron chi connectivity index (χ2n) is 4.47. The molecule has 1 aromatic rings. The van der Waals surface area contributed by atoms with E-state index in [1.165, 1.54) is 6.92 Å². The van der Waals surface area contributed by atoms with Crippen LogP contribution in [0.1, 0.15) is 18.9 Å². The van der Waals surface area contributed by atoms with Gasteiger partial charge in [0.2, 0.25) is 5.24 Å². The van der Waals surface area contributed by atoms with Gasteiger partial charge in [-0.25, -0.2) is 4.39 Å². The third kappa shape index (κ3) is 2.25. The second-order valence-corrected chi connectivity index (χ2v) is 4.84. The lowest BCUT2D eigenvalue weighted by Crippen LogP contribution is -2.36. The van der Waals surface area contributed by atoms with Crippen molar-refractivity contribution in [2.75, 3.05) is 0 Å². The fourth-order valence-corrected chi connectivity index (χ4v) is 2.37. The smallest absolute Gasteiger partial charge is 0.228 e. The molecule has 3 heteroatoms. The number of carbonyl (C=O) groups excluding carboxylic acids is 1. The van der Waals surface area contributed by atoms with E-state index in [4.69, 9.17) is 11.6 Å². The highest BCUT2D eigenvalue weighted by Crippen LogP contribution is 2.43. The van der Waals surface area contributed by atoms with Gasteiger partial charge in [0.1, 0.15) is 0 Å². The molecule has 0 spiro atoms. The van der Waals surface area contributed by atoms with Crippen molar-refractivity contribution in [3.63, 3.8) is 0 Å². The molecule has 0 N–H and O–H groups in total. The topological polar surface area (TPSA) is 17.1 Å². The standard InChI is InChI=1S/C15H14ClFO/c1-11(14(16)18)15(17)10-6-5-9-13(15)12-7-3-2-4-8-12/h2-9,11H,10H2,1H3.